The summed E-state index contributed by atoms with van der Waals surface area (Å²) in [6, 6.07) is 16.0. The van der Waals surface area contributed by atoms with E-state index >= 15 is 0 Å². The first-order valence-corrected chi connectivity index (χ1v) is 6.34. The molecule has 1 amide bonds. The van der Waals surface area contributed by atoms with Gasteiger partial charge in [-0.05, 0) is 29.3 Å². The number of carbonyl (C=O) groups is 1. The number of fused-ring (bicyclic) bond motifs is 1. The van der Waals surface area contributed by atoms with Gasteiger partial charge in [0.25, 0.3) is 5.91 Å². The van der Waals surface area contributed by atoms with Crippen molar-refractivity contribution in [3.05, 3.63) is 65.2 Å². The predicted molar refractivity (Wildman–Crippen MR) is 76.5 cm³/mol. The number of nitrogens with one attached hydrogen (secondary N) is 1. The van der Waals surface area contributed by atoms with Crippen LogP contribution in [-0.4, -0.2) is 20.0 Å². The Morgan fingerprint density at radius 1 is 1.00 bits per heavy atom. The van der Waals surface area contributed by atoms with Crippen LogP contribution in [0.5, 0.6) is 0 Å². The zero-order valence-corrected chi connectivity index (χ0v) is 11.1. The molecule has 1 N–H and O–H groups in total. The Hall–Kier alpha value is -2.29. The second kappa shape index (κ2) is 4.43. The predicted octanol–water partition coefficient (Wildman–Crippen LogP) is 2.59. The Morgan fingerprint density at radius 2 is 1.68 bits per heavy atom. The lowest BCUT2D eigenvalue weighted by Crippen LogP contribution is -2.19. The van der Waals surface area contributed by atoms with Gasteiger partial charge in [-0.25, -0.2) is 0 Å². The van der Waals surface area contributed by atoms with Gasteiger partial charge >= 0.3 is 0 Å². The van der Waals surface area contributed by atoms with E-state index in [1.54, 1.807) is 0 Å². The normalized spacial score (nSPS) is 16.9. The summed E-state index contributed by atoms with van der Waals surface area (Å²) in [7, 11) is 4.03. The van der Waals surface area contributed by atoms with Crippen LogP contribution < -0.4 is 10.2 Å². The Bertz CT molecular complexity index is 617. The molecule has 0 saturated heterocycles. The van der Waals surface area contributed by atoms with E-state index in [2.05, 4.69) is 34.5 Å². The zero-order valence-electron chi connectivity index (χ0n) is 11.1. The highest BCUT2D eigenvalue weighted by atomic mass is 16.2. The summed E-state index contributed by atoms with van der Waals surface area (Å²) in [5.41, 5.74) is 4.11. The SMILES string of the molecule is CN(C)c1ccc([C@H]2NC(=O)c3ccccc32)cc1. The highest BCUT2D eigenvalue weighted by Crippen LogP contribution is 2.31. The topological polar surface area (TPSA) is 32.3 Å². The third-order valence-electron chi connectivity index (χ3n) is 3.53. The van der Waals surface area contributed by atoms with Gasteiger partial charge in [0.05, 0.1) is 6.04 Å². The quantitative estimate of drug-likeness (QED) is 0.891. The number of carbonyl (C=O) groups excluding carboxylic acids is 1. The fourth-order valence-corrected chi connectivity index (χ4v) is 2.47. The average Bonchev–Trinajstić information content (AvgIpc) is 2.77. The van der Waals surface area contributed by atoms with Crippen molar-refractivity contribution < 1.29 is 4.79 Å². The van der Waals surface area contributed by atoms with Crippen LogP contribution in [0, 0.1) is 0 Å². The molecule has 1 aliphatic rings. The van der Waals surface area contributed by atoms with Gasteiger partial charge in [0.2, 0.25) is 0 Å². The number of hydrogen-bond acceptors (Lipinski definition) is 2. The third-order valence-corrected chi connectivity index (χ3v) is 3.53. The first kappa shape index (κ1) is 11.8. The minimum absolute atomic E-state index is 0.0114. The molecule has 0 fully saturated rings. The maximum Gasteiger partial charge on any atom is 0.252 e. The summed E-state index contributed by atoms with van der Waals surface area (Å²) < 4.78 is 0. The van der Waals surface area contributed by atoms with E-state index in [1.807, 2.05) is 38.4 Å². The Kier molecular flexibility index (Phi) is 2.75. The van der Waals surface area contributed by atoms with Crippen LogP contribution >= 0.6 is 0 Å². The largest absolute Gasteiger partial charge is 0.378 e. The van der Waals surface area contributed by atoms with Crippen molar-refractivity contribution >= 4 is 11.6 Å². The summed E-state index contributed by atoms with van der Waals surface area (Å²) >= 11 is 0. The van der Waals surface area contributed by atoms with Crippen molar-refractivity contribution in [2.45, 2.75) is 6.04 Å². The molecule has 0 aromatic heterocycles. The molecule has 0 spiro atoms. The van der Waals surface area contributed by atoms with Crippen LogP contribution in [0.25, 0.3) is 0 Å². The Balaban J connectivity index is 1.98. The standard InChI is InChI=1S/C16H16N2O/c1-18(2)12-9-7-11(8-10-12)15-13-5-3-4-6-14(13)16(19)17-15/h3-10,15H,1-2H3,(H,17,19)/t15-/m1/s1. The fraction of sp³-hybridized carbons (Fsp3) is 0.188. The molecule has 0 bridgehead atoms. The van der Waals surface area contributed by atoms with Crippen molar-refractivity contribution in [1.82, 2.24) is 5.32 Å². The number of rotatable bonds is 2. The summed E-state index contributed by atoms with van der Waals surface area (Å²) in [6.07, 6.45) is 0. The molecule has 3 rings (SSSR count). The van der Waals surface area contributed by atoms with Gasteiger partial charge in [0, 0.05) is 25.3 Å². The maximum atomic E-state index is 11.9. The van der Waals surface area contributed by atoms with Gasteiger partial charge in [-0.1, -0.05) is 30.3 Å². The molecular formula is C16H16N2O. The lowest BCUT2D eigenvalue weighted by atomic mass is 9.98. The Labute approximate surface area is 112 Å². The summed E-state index contributed by atoms with van der Waals surface area (Å²) in [4.78, 5) is 14.0. The number of amides is 1. The summed E-state index contributed by atoms with van der Waals surface area (Å²) in [6.45, 7) is 0. The molecular weight excluding hydrogens is 236 g/mol. The van der Waals surface area contributed by atoms with Crippen LogP contribution in [0.4, 0.5) is 5.69 Å². The highest BCUT2D eigenvalue weighted by Gasteiger charge is 2.28. The van der Waals surface area contributed by atoms with Crippen molar-refractivity contribution in [2.24, 2.45) is 0 Å². The summed E-state index contributed by atoms with van der Waals surface area (Å²) in [5.74, 6) is 0.0114. The van der Waals surface area contributed by atoms with Gasteiger partial charge in [-0.3, -0.25) is 4.79 Å². The smallest absolute Gasteiger partial charge is 0.252 e. The van der Waals surface area contributed by atoms with Crippen LogP contribution in [0.1, 0.15) is 27.5 Å². The van der Waals surface area contributed by atoms with E-state index in [4.69, 9.17) is 0 Å². The van der Waals surface area contributed by atoms with Gasteiger partial charge in [0.15, 0.2) is 0 Å². The van der Waals surface area contributed by atoms with Gasteiger partial charge < -0.3 is 10.2 Å². The van der Waals surface area contributed by atoms with Gasteiger partial charge in [0.1, 0.15) is 0 Å². The molecule has 19 heavy (non-hydrogen) atoms. The minimum atomic E-state index is -0.0279. The molecule has 3 heteroatoms. The number of benzene rings is 2. The molecule has 0 aliphatic carbocycles. The van der Waals surface area contributed by atoms with Gasteiger partial charge in [-0.15, -0.1) is 0 Å². The van der Waals surface area contributed by atoms with E-state index in [-0.39, 0.29) is 11.9 Å². The molecule has 0 unspecified atom stereocenters. The molecule has 2 aromatic rings. The van der Waals surface area contributed by atoms with Crippen LogP contribution in [0.2, 0.25) is 0 Å². The molecule has 3 nitrogen and oxygen atoms in total. The number of hydrogen-bond donors (Lipinski definition) is 1. The van der Waals surface area contributed by atoms with Crippen molar-refractivity contribution in [2.75, 3.05) is 19.0 Å². The molecule has 2 aromatic carbocycles. The average molecular weight is 252 g/mol. The molecule has 1 heterocycles. The highest BCUT2D eigenvalue weighted by molar-refractivity contribution is 5.99. The molecule has 96 valence electrons. The Morgan fingerprint density at radius 3 is 2.37 bits per heavy atom. The first-order chi connectivity index (χ1) is 9.16. The second-order valence-corrected chi connectivity index (χ2v) is 4.98. The van der Waals surface area contributed by atoms with Crippen molar-refractivity contribution in [1.29, 1.82) is 0 Å². The zero-order chi connectivity index (χ0) is 13.4. The van der Waals surface area contributed by atoms with E-state index < -0.39 is 0 Å². The first-order valence-electron chi connectivity index (χ1n) is 6.34. The molecule has 0 saturated carbocycles. The lowest BCUT2D eigenvalue weighted by Gasteiger charge is -2.16. The molecule has 1 atom stereocenters. The minimum Gasteiger partial charge on any atom is -0.378 e. The van der Waals surface area contributed by atoms with E-state index in [0.29, 0.717) is 0 Å². The molecule has 1 aliphatic heterocycles. The van der Waals surface area contributed by atoms with Crippen LogP contribution in [0.3, 0.4) is 0 Å². The van der Waals surface area contributed by atoms with E-state index in [0.717, 1.165) is 22.4 Å². The summed E-state index contributed by atoms with van der Waals surface area (Å²) in [5, 5.41) is 3.03. The van der Waals surface area contributed by atoms with Crippen molar-refractivity contribution in [3.63, 3.8) is 0 Å². The van der Waals surface area contributed by atoms with E-state index in [1.165, 1.54) is 0 Å². The molecule has 0 radical (unpaired) electrons. The lowest BCUT2D eigenvalue weighted by molar-refractivity contribution is 0.0960. The van der Waals surface area contributed by atoms with Crippen LogP contribution in [0.15, 0.2) is 48.5 Å². The second-order valence-electron chi connectivity index (χ2n) is 4.98. The fourth-order valence-electron chi connectivity index (χ4n) is 2.47. The van der Waals surface area contributed by atoms with E-state index in [9.17, 15) is 4.79 Å². The number of anilines is 1. The van der Waals surface area contributed by atoms with Crippen LogP contribution in [-0.2, 0) is 0 Å². The maximum absolute atomic E-state index is 11.9. The number of nitrogens with zero attached hydrogens (tertiary/aromatic N) is 1. The monoisotopic (exact) mass is 252 g/mol. The van der Waals surface area contributed by atoms with Crippen molar-refractivity contribution in [3.8, 4) is 0 Å². The van der Waals surface area contributed by atoms with Gasteiger partial charge in [-0.2, -0.15) is 0 Å². The third kappa shape index (κ3) is 1.97.